The van der Waals surface area contributed by atoms with E-state index >= 15 is 0 Å². The topological polar surface area (TPSA) is 29.3 Å². The summed E-state index contributed by atoms with van der Waals surface area (Å²) in [6.45, 7) is 6.49. The molecule has 0 spiro atoms. The fourth-order valence-corrected chi connectivity index (χ4v) is 3.39. The van der Waals surface area contributed by atoms with Crippen LogP contribution in [0.15, 0.2) is 42.5 Å². The molecule has 2 heteroatoms. The molecule has 1 atom stereocenters. The van der Waals surface area contributed by atoms with Gasteiger partial charge in [-0.25, -0.2) is 0 Å². The standard InChI is InChI=1S/C19H24N2/c1-3-19(16-9-7-14(2)8-10-16)21-12-11-15-5-4-6-18(20)17(15)13-21/h4-10,19H,3,11-13,20H2,1-2H3. The van der Waals surface area contributed by atoms with Crippen LogP contribution >= 0.6 is 0 Å². The first-order valence-electron chi connectivity index (χ1n) is 7.86. The summed E-state index contributed by atoms with van der Waals surface area (Å²) in [7, 11) is 0. The molecule has 0 bridgehead atoms. The van der Waals surface area contributed by atoms with Crippen LogP contribution in [0.2, 0.25) is 0 Å². The number of hydrogen-bond donors (Lipinski definition) is 1. The van der Waals surface area contributed by atoms with Crippen molar-refractivity contribution < 1.29 is 0 Å². The maximum Gasteiger partial charge on any atom is 0.0362 e. The molecule has 0 saturated heterocycles. The van der Waals surface area contributed by atoms with Crippen LogP contribution in [-0.2, 0) is 13.0 Å². The number of nitrogens with two attached hydrogens (primary N) is 1. The lowest BCUT2D eigenvalue weighted by molar-refractivity contribution is 0.175. The lowest BCUT2D eigenvalue weighted by atomic mass is 9.94. The lowest BCUT2D eigenvalue weighted by Gasteiger charge is -2.36. The molecule has 1 unspecified atom stereocenters. The van der Waals surface area contributed by atoms with E-state index in [2.05, 4.69) is 55.1 Å². The van der Waals surface area contributed by atoms with Gasteiger partial charge in [0.1, 0.15) is 0 Å². The number of fused-ring (bicyclic) bond motifs is 1. The van der Waals surface area contributed by atoms with Gasteiger partial charge in [0.15, 0.2) is 0 Å². The second kappa shape index (κ2) is 5.90. The normalized spacial score (nSPS) is 16.5. The Hall–Kier alpha value is -1.80. The molecular formula is C19H24N2. The van der Waals surface area contributed by atoms with Crippen LogP contribution in [0.5, 0.6) is 0 Å². The van der Waals surface area contributed by atoms with E-state index in [9.17, 15) is 0 Å². The first-order valence-corrected chi connectivity index (χ1v) is 7.86. The molecule has 0 aliphatic carbocycles. The Bertz CT molecular complexity index is 616. The Morgan fingerprint density at radius 2 is 1.90 bits per heavy atom. The highest BCUT2D eigenvalue weighted by molar-refractivity contribution is 5.51. The fraction of sp³-hybridized carbons (Fsp3) is 0.368. The van der Waals surface area contributed by atoms with E-state index in [1.807, 2.05) is 6.07 Å². The van der Waals surface area contributed by atoms with Crippen molar-refractivity contribution in [1.82, 2.24) is 4.90 Å². The summed E-state index contributed by atoms with van der Waals surface area (Å²) in [4.78, 5) is 2.57. The highest BCUT2D eigenvalue weighted by Gasteiger charge is 2.24. The third-order valence-corrected chi connectivity index (χ3v) is 4.63. The molecule has 2 nitrogen and oxygen atoms in total. The first-order chi connectivity index (χ1) is 10.2. The van der Waals surface area contributed by atoms with Crippen LogP contribution < -0.4 is 5.73 Å². The number of hydrogen-bond acceptors (Lipinski definition) is 2. The first kappa shape index (κ1) is 14.2. The number of nitrogen functional groups attached to an aromatic ring is 1. The monoisotopic (exact) mass is 280 g/mol. The zero-order chi connectivity index (χ0) is 14.8. The second-order valence-corrected chi connectivity index (χ2v) is 6.04. The van der Waals surface area contributed by atoms with Crippen LogP contribution in [0, 0.1) is 6.92 Å². The number of aryl methyl sites for hydroxylation is 1. The van der Waals surface area contributed by atoms with E-state index < -0.39 is 0 Å². The number of nitrogens with zero attached hydrogens (tertiary/aromatic N) is 1. The largest absolute Gasteiger partial charge is 0.398 e. The molecule has 0 fully saturated rings. The van der Waals surface area contributed by atoms with Crippen molar-refractivity contribution >= 4 is 5.69 Å². The third-order valence-electron chi connectivity index (χ3n) is 4.63. The Labute approximate surface area is 127 Å². The minimum Gasteiger partial charge on any atom is -0.398 e. The van der Waals surface area contributed by atoms with Gasteiger partial charge in [-0.05, 0) is 42.5 Å². The molecule has 1 aliphatic rings. The van der Waals surface area contributed by atoms with E-state index in [1.54, 1.807) is 0 Å². The predicted octanol–water partition coefficient (Wildman–Crippen LogP) is 4.09. The summed E-state index contributed by atoms with van der Waals surface area (Å²) in [5.74, 6) is 0. The summed E-state index contributed by atoms with van der Waals surface area (Å²) in [6.07, 6.45) is 2.23. The Morgan fingerprint density at radius 1 is 1.14 bits per heavy atom. The lowest BCUT2D eigenvalue weighted by Crippen LogP contribution is -2.34. The zero-order valence-corrected chi connectivity index (χ0v) is 13.0. The molecule has 2 aromatic carbocycles. The zero-order valence-electron chi connectivity index (χ0n) is 13.0. The molecular weight excluding hydrogens is 256 g/mol. The SMILES string of the molecule is CCC(c1ccc(C)cc1)N1CCc2cccc(N)c2C1. The average molecular weight is 280 g/mol. The van der Waals surface area contributed by atoms with E-state index in [-0.39, 0.29) is 0 Å². The van der Waals surface area contributed by atoms with Gasteiger partial charge in [-0.3, -0.25) is 4.90 Å². The molecule has 2 N–H and O–H groups in total. The van der Waals surface area contributed by atoms with E-state index in [0.29, 0.717) is 6.04 Å². The van der Waals surface area contributed by atoms with Gasteiger partial charge < -0.3 is 5.73 Å². The molecule has 1 heterocycles. The second-order valence-electron chi connectivity index (χ2n) is 6.04. The maximum absolute atomic E-state index is 6.18. The van der Waals surface area contributed by atoms with Crippen LogP contribution in [0.25, 0.3) is 0 Å². The van der Waals surface area contributed by atoms with Crippen LogP contribution in [0.1, 0.15) is 41.6 Å². The highest BCUT2D eigenvalue weighted by Crippen LogP contribution is 2.32. The highest BCUT2D eigenvalue weighted by atomic mass is 15.2. The van der Waals surface area contributed by atoms with E-state index in [0.717, 1.165) is 31.6 Å². The van der Waals surface area contributed by atoms with Crippen LogP contribution in [0.4, 0.5) is 5.69 Å². The van der Waals surface area contributed by atoms with Gasteiger partial charge in [-0.1, -0.05) is 48.9 Å². The quantitative estimate of drug-likeness (QED) is 0.858. The van der Waals surface area contributed by atoms with Crippen molar-refractivity contribution in [2.45, 2.75) is 39.3 Å². The summed E-state index contributed by atoms with van der Waals surface area (Å²) in [5, 5.41) is 0. The average Bonchev–Trinajstić information content (AvgIpc) is 2.51. The van der Waals surface area contributed by atoms with Crippen molar-refractivity contribution in [3.8, 4) is 0 Å². The summed E-state index contributed by atoms with van der Waals surface area (Å²) < 4.78 is 0. The fourth-order valence-electron chi connectivity index (χ4n) is 3.39. The molecule has 0 aromatic heterocycles. The van der Waals surface area contributed by atoms with Crippen molar-refractivity contribution in [2.24, 2.45) is 0 Å². The number of rotatable bonds is 3. The van der Waals surface area contributed by atoms with E-state index in [1.165, 1.54) is 22.3 Å². The summed E-state index contributed by atoms with van der Waals surface area (Å²) in [6, 6.07) is 15.8. The predicted molar refractivity (Wildman–Crippen MR) is 89.2 cm³/mol. The maximum atomic E-state index is 6.18. The van der Waals surface area contributed by atoms with Gasteiger partial charge >= 0.3 is 0 Å². The molecule has 2 aromatic rings. The molecule has 3 rings (SSSR count). The van der Waals surface area contributed by atoms with Gasteiger partial charge in [-0.2, -0.15) is 0 Å². The van der Waals surface area contributed by atoms with Gasteiger partial charge in [0.05, 0.1) is 0 Å². The van der Waals surface area contributed by atoms with Crippen molar-refractivity contribution in [1.29, 1.82) is 0 Å². The van der Waals surface area contributed by atoms with Crippen LogP contribution in [-0.4, -0.2) is 11.4 Å². The van der Waals surface area contributed by atoms with Gasteiger partial charge in [-0.15, -0.1) is 0 Å². The molecule has 0 radical (unpaired) electrons. The molecule has 0 amide bonds. The smallest absolute Gasteiger partial charge is 0.0362 e. The number of anilines is 1. The van der Waals surface area contributed by atoms with Crippen molar-refractivity contribution in [2.75, 3.05) is 12.3 Å². The van der Waals surface area contributed by atoms with Crippen molar-refractivity contribution in [3.63, 3.8) is 0 Å². The Kier molecular flexibility index (Phi) is 3.98. The molecule has 0 saturated carbocycles. The minimum atomic E-state index is 0.485. The molecule has 1 aliphatic heterocycles. The van der Waals surface area contributed by atoms with Crippen LogP contribution in [0.3, 0.4) is 0 Å². The van der Waals surface area contributed by atoms with Crippen molar-refractivity contribution in [3.05, 3.63) is 64.7 Å². The minimum absolute atomic E-state index is 0.485. The van der Waals surface area contributed by atoms with E-state index in [4.69, 9.17) is 5.73 Å². The summed E-state index contributed by atoms with van der Waals surface area (Å²) >= 11 is 0. The van der Waals surface area contributed by atoms with Gasteiger partial charge in [0.25, 0.3) is 0 Å². The van der Waals surface area contributed by atoms with Gasteiger partial charge in [0.2, 0.25) is 0 Å². The Balaban J connectivity index is 1.86. The third kappa shape index (κ3) is 2.81. The molecule has 21 heavy (non-hydrogen) atoms. The number of benzene rings is 2. The Morgan fingerprint density at radius 3 is 2.62 bits per heavy atom. The van der Waals surface area contributed by atoms with Gasteiger partial charge in [0, 0.05) is 24.8 Å². The molecule has 110 valence electrons. The summed E-state index contributed by atoms with van der Waals surface area (Å²) in [5.41, 5.74) is 12.6.